The maximum absolute atomic E-state index is 13.0. The summed E-state index contributed by atoms with van der Waals surface area (Å²) in [5, 5.41) is 12.9. The van der Waals surface area contributed by atoms with Crippen molar-refractivity contribution in [2.45, 2.75) is 32.4 Å². The van der Waals surface area contributed by atoms with E-state index in [-0.39, 0.29) is 23.4 Å². The van der Waals surface area contributed by atoms with Crippen molar-refractivity contribution >= 4 is 21.6 Å². The van der Waals surface area contributed by atoms with Gasteiger partial charge < -0.3 is 10.4 Å². The fraction of sp³-hybridized carbons (Fsp3) is 0.500. The SMILES string of the molecule is CC1(C)C(O)CC1Nc1ccc(F)c(Br)c1. The lowest BCUT2D eigenvalue weighted by Crippen LogP contribution is -2.56. The highest BCUT2D eigenvalue weighted by molar-refractivity contribution is 9.10. The van der Waals surface area contributed by atoms with Crippen LogP contribution in [0.4, 0.5) is 10.1 Å². The number of halogens is 2. The molecule has 4 heteroatoms. The molecule has 1 aliphatic rings. The lowest BCUT2D eigenvalue weighted by Gasteiger charge is -2.49. The van der Waals surface area contributed by atoms with E-state index in [4.69, 9.17) is 0 Å². The van der Waals surface area contributed by atoms with Crippen molar-refractivity contribution in [1.29, 1.82) is 0 Å². The summed E-state index contributed by atoms with van der Waals surface area (Å²) in [5.41, 5.74) is 0.749. The van der Waals surface area contributed by atoms with Crippen molar-refractivity contribution in [3.8, 4) is 0 Å². The molecule has 1 fully saturated rings. The van der Waals surface area contributed by atoms with Crippen molar-refractivity contribution < 1.29 is 9.50 Å². The van der Waals surface area contributed by atoms with Crippen molar-refractivity contribution in [3.63, 3.8) is 0 Å². The molecule has 0 heterocycles. The normalized spacial score (nSPS) is 27.3. The zero-order valence-electron chi connectivity index (χ0n) is 9.30. The first-order valence-electron chi connectivity index (χ1n) is 5.31. The van der Waals surface area contributed by atoms with Gasteiger partial charge in [-0.05, 0) is 40.5 Å². The van der Waals surface area contributed by atoms with E-state index in [1.807, 2.05) is 13.8 Å². The number of nitrogens with one attached hydrogen (secondary N) is 1. The third-order valence-corrected chi connectivity index (χ3v) is 4.08. The summed E-state index contributed by atoms with van der Waals surface area (Å²) in [7, 11) is 0. The fourth-order valence-electron chi connectivity index (χ4n) is 1.93. The van der Waals surface area contributed by atoms with Crippen LogP contribution in [0.2, 0.25) is 0 Å². The van der Waals surface area contributed by atoms with Gasteiger partial charge in [-0.3, -0.25) is 0 Å². The number of aliphatic hydroxyl groups is 1. The molecule has 2 rings (SSSR count). The number of benzene rings is 1. The van der Waals surface area contributed by atoms with Crippen LogP contribution in [0.15, 0.2) is 22.7 Å². The van der Waals surface area contributed by atoms with E-state index in [1.165, 1.54) is 6.07 Å². The molecule has 0 saturated heterocycles. The molecule has 0 radical (unpaired) electrons. The molecule has 88 valence electrons. The van der Waals surface area contributed by atoms with Crippen molar-refractivity contribution in [2.24, 2.45) is 5.41 Å². The highest BCUT2D eigenvalue weighted by atomic mass is 79.9. The first kappa shape index (κ1) is 11.9. The first-order chi connectivity index (χ1) is 7.41. The molecule has 0 bridgehead atoms. The summed E-state index contributed by atoms with van der Waals surface area (Å²) in [6.07, 6.45) is 0.482. The van der Waals surface area contributed by atoms with Gasteiger partial charge in [0.25, 0.3) is 0 Å². The van der Waals surface area contributed by atoms with Gasteiger partial charge in [0, 0.05) is 17.1 Å². The Morgan fingerprint density at radius 1 is 1.50 bits per heavy atom. The number of rotatable bonds is 2. The second-order valence-electron chi connectivity index (χ2n) is 4.90. The Kier molecular flexibility index (Phi) is 2.97. The summed E-state index contributed by atoms with van der Waals surface area (Å²) in [6.45, 7) is 4.05. The standard InChI is InChI=1S/C12H15BrFNO/c1-12(2)10(6-11(12)16)15-7-3-4-9(14)8(13)5-7/h3-5,10-11,15-16H,6H2,1-2H3. The van der Waals surface area contributed by atoms with Gasteiger partial charge >= 0.3 is 0 Å². The van der Waals surface area contributed by atoms with Crippen LogP contribution < -0.4 is 5.32 Å². The van der Waals surface area contributed by atoms with Gasteiger partial charge in [-0.2, -0.15) is 0 Å². The van der Waals surface area contributed by atoms with Gasteiger partial charge in [0.1, 0.15) is 5.82 Å². The van der Waals surface area contributed by atoms with Crippen molar-refractivity contribution in [3.05, 3.63) is 28.5 Å². The van der Waals surface area contributed by atoms with E-state index in [0.717, 1.165) is 12.1 Å². The van der Waals surface area contributed by atoms with Gasteiger partial charge in [0.05, 0.1) is 10.6 Å². The molecule has 0 aromatic heterocycles. The highest BCUT2D eigenvalue weighted by Gasteiger charge is 2.47. The van der Waals surface area contributed by atoms with E-state index in [2.05, 4.69) is 21.2 Å². The number of hydrogen-bond acceptors (Lipinski definition) is 2. The topological polar surface area (TPSA) is 32.3 Å². The van der Waals surface area contributed by atoms with Gasteiger partial charge in [0.2, 0.25) is 0 Å². The molecule has 1 aliphatic carbocycles. The third kappa shape index (κ3) is 1.96. The minimum absolute atomic E-state index is 0.124. The van der Waals surface area contributed by atoms with Crippen LogP contribution in [0.25, 0.3) is 0 Å². The van der Waals surface area contributed by atoms with Crippen LogP contribution in [-0.4, -0.2) is 17.3 Å². The van der Waals surface area contributed by atoms with E-state index < -0.39 is 0 Å². The quantitative estimate of drug-likeness (QED) is 0.876. The average Bonchev–Trinajstić information content (AvgIpc) is 2.23. The molecule has 0 spiro atoms. The van der Waals surface area contributed by atoms with Gasteiger partial charge in [-0.25, -0.2) is 4.39 Å². The fourth-order valence-corrected chi connectivity index (χ4v) is 2.31. The van der Waals surface area contributed by atoms with Crippen molar-refractivity contribution in [1.82, 2.24) is 0 Å². The third-order valence-electron chi connectivity index (χ3n) is 3.48. The summed E-state index contributed by atoms with van der Waals surface area (Å²) in [5.74, 6) is -0.265. The highest BCUT2D eigenvalue weighted by Crippen LogP contribution is 2.42. The summed E-state index contributed by atoms with van der Waals surface area (Å²) in [4.78, 5) is 0. The molecule has 2 unspecified atom stereocenters. The monoisotopic (exact) mass is 287 g/mol. The van der Waals surface area contributed by atoms with Gasteiger partial charge in [-0.15, -0.1) is 0 Å². The minimum Gasteiger partial charge on any atom is -0.392 e. The lowest BCUT2D eigenvalue weighted by atomic mass is 9.64. The summed E-state index contributed by atoms with van der Waals surface area (Å²) >= 11 is 3.15. The van der Waals surface area contributed by atoms with E-state index in [9.17, 15) is 9.50 Å². The lowest BCUT2D eigenvalue weighted by molar-refractivity contribution is -0.0510. The number of anilines is 1. The Bertz CT molecular complexity index is 408. The van der Waals surface area contributed by atoms with Crippen LogP contribution in [0.1, 0.15) is 20.3 Å². The molecule has 2 nitrogen and oxygen atoms in total. The predicted octanol–water partition coefficient (Wildman–Crippen LogP) is 3.16. The smallest absolute Gasteiger partial charge is 0.137 e. The van der Waals surface area contributed by atoms with E-state index >= 15 is 0 Å². The van der Waals surface area contributed by atoms with Crippen LogP contribution >= 0.6 is 15.9 Å². The molecule has 1 aromatic rings. The molecular formula is C12H15BrFNO. The molecule has 0 amide bonds. The van der Waals surface area contributed by atoms with Crippen LogP contribution in [0, 0.1) is 11.2 Å². The number of aliphatic hydroxyl groups excluding tert-OH is 1. The Labute approximate surface area is 103 Å². The van der Waals surface area contributed by atoms with Crippen LogP contribution in [0.5, 0.6) is 0 Å². The zero-order valence-corrected chi connectivity index (χ0v) is 10.9. The van der Waals surface area contributed by atoms with Crippen LogP contribution in [0.3, 0.4) is 0 Å². The second-order valence-corrected chi connectivity index (χ2v) is 5.75. The Hall–Kier alpha value is -0.610. The number of hydrogen-bond donors (Lipinski definition) is 2. The maximum atomic E-state index is 13.0. The molecule has 1 aromatic carbocycles. The molecule has 2 N–H and O–H groups in total. The van der Waals surface area contributed by atoms with Gasteiger partial charge in [-0.1, -0.05) is 13.8 Å². The molecule has 1 saturated carbocycles. The molecular weight excluding hydrogens is 273 g/mol. The first-order valence-corrected chi connectivity index (χ1v) is 6.10. The summed E-state index contributed by atoms with van der Waals surface area (Å²) in [6, 6.07) is 5.09. The molecule has 2 atom stereocenters. The minimum atomic E-state index is -0.265. The maximum Gasteiger partial charge on any atom is 0.137 e. The zero-order chi connectivity index (χ0) is 11.9. The Morgan fingerprint density at radius 2 is 2.19 bits per heavy atom. The van der Waals surface area contributed by atoms with Gasteiger partial charge in [0.15, 0.2) is 0 Å². The summed E-state index contributed by atoms with van der Waals surface area (Å²) < 4.78 is 13.5. The van der Waals surface area contributed by atoms with E-state index in [1.54, 1.807) is 12.1 Å². The van der Waals surface area contributed by atoms with E-state index in [0.29, 0.717) is 4.47 Å². The predicted molar refractivity (Wildman–Crippen MR) is 65.9 cm³/mol. The Morgan fingerprint density at radius 3 is 2.69 bits per heavy atom. The Balaban J connectivity index is 2.08. The van der Waals surface area contributed by atoms with Crippen LogP contribution in [-0.2, 0) is 0 Å². The van der Waals surface area contributed by atoms with Crippen molar-refractivity contribution in [2.75, 3.05) is 5.32 Å². The molecule has 0 aliphatic heterocycles. The molecule has 16 heavy (non-hydrogen) atoms. The largest absolute Gasteiger partial charge is 0.392 e. The second kappa shape index (κ2) is 4.00. The average molecular weight is 288 g/mol.